The molecule has 1 aromatic rings. The van der Waals surface area contributed by atoms with Gasteiger partial charge >= 0.3 is 0 Å². The Hall–Kier alpha value is -0.910. The third-order valence-electron chi connectivity index (χ3n) is 4.57. The molecule has 1 heterocycles. The molecule has 1 unspecified atom stereocenters. The second-order valence-electron chi connectivity index (χ2n) is 5.59. The van der Waals surface area contributed by atoms with Crippen LogP contribution in [0.5, 0.6) is 0 Å². The lowest BCUT2D eigenvalue weighted by molar-refractivity contribution is 0.137. The standard InChI is InChI=1S/C15H22N2O2S/c1-2-20(18,19)17-11-9-16(10-12-17)15-8-7-13-5-3-4-6-14(13)15/h3-6,15H,2,7-12H2,1H3. The number of hydrogen-bond donors (Lipinski definition) is 0. The van der Waals surface area contributed by atoms with Crippen LogP contribution in [0.1, 0.15) is 30.5 Å². The summed E-state index contributed by atoms with van der Waals surface area (Å²) < 4.78 is 25.4. The summed E-state index contributed by atoms with van der Waals surface area (Å²) in [6.45, 7) is 4.68. The van der Waals surface area contributed by atoms with E-state index in [0.29, 0.717) is 19.1 Å². The van der Waals surface area contributed by atoms with E-state index in [1.165, 1.54) is 17.5 Å². The summed E-state index contributed by atoms with van der Waals surface area (Å²) >= 11 is 0. The molecule has 3 rings (SSSR count). The van der Waals surface area contributed by atoms with Gasteiger partial charge in [-0.3, -0.25) is 4.90 Å². The van der Waals surface area contributed by atoms with E-state index in [1.54, 1.807) is 11.2 Å². The number of hydrogen-bond acceptors (Lipinski definition) is 3. The Bertz CT molecular complexity index is 577. The molecule has 110 valence electrons. The number of benzene rings is 1. The molecule has 1 atom stereocenters. The Morgan fingerprint density at radius 1 is 1.15 bits per heavy atom. The molecule has 0 saturated carbocycles. The second kappa shape index (κ2) is 5.47. The lowest BCUT2D eigenvalue weighted by Gasteiger charge is -2.37. The van der Waals surface area contributed by atoms with Crippen LogP contribution in [0.4, 0.5) is 0 Å². The zero-order chi connectivity index (χ0) is 14.2. The van der Waals surface area contributed by atoms with Crippen molar-refractivity contribution in [3.8, 4) is 0 Å². The fraction of sp³-hybridized carbons (Fsp3) is 0.600. The summed E-state index contributed by atoms with van der Waals surface area (Å²) in [5.74, 6) is 0.208. The molecule has 1 aliphatic heterocycles. The van der Waals surface area contributed by atoms with Gasteiger partial charge in [0.25, 0.3) is 0 Å². The first-order valence-electron chi connectivity index (χ1n) is 7.41. The van der Waals surface area contributed by atoms with Crippen molar-refractivity contribution >= 4 is 10.0 Å². The van der Waals surface area contributed by atoms with Crippen LogP contribution >= 0.6 is 0 Å². The van der Waals surface area contributed by atoms with E-state index in [1.807, 2.05) is 0 Å². The summed E-state index contributed by atoms with van der Waals surface area (Å²) in [7, 11) is -3.02. The van der Waals surface area contributed by atoms with Gasteiger partial charge in [-0.25, -0.2) is 8.42 Å². The van der Waals surface area contributed by atoms with E-state index in [2.05, 4.69) is 29.2 Å². The van der Waals surface area contributed by atoms with Gasteiger partial charge in [-0.15, -0.1) is 0 Å². The predicted octanol–water partition coefficient (Wildman–Crippen LogP) is 1.64. The van der Waals surface area contributed by atoms with E-state index in [0.717, 1.165) is 19.5 Å². The highest BCUT2D eigenvalue weighted by Gasteiger charge is 2.32. The average molecular weight is 294 g/mol. The van der Waals surface area contributed by atoms with Gasteiger partial charge in [-0.05, 0) is 30.9 Å². The molecule has 4 nitrogen and oxygen atoms in total. The molecule has 1 aromatic carbocycles. The molecule has 2 aliphatic rings. The molecular weight excluding hydrogens is 272 g/mol. The predicted molar refractivity (Wildman–Crippen MR) is 80.1 cm³/mol. The van der Waals surface area contributed by atoms with Crippen LogP contribution in [0.3, 0.4) is 0 Å². The third-order valence-corrected chi connectivity index (χ3v) is 6.45. The highest BCUT2D eigenvalue weighted by atomic mass is 32.2. The Balaban J connectivity index is 1.68. The third kappa shape index (κ3) is 2.50. The van der Waals surface area contributed by atoms with Crippen LogP contribution in [-0.4, -0.2) is 49.6 Å². The van der Waals surface area contributed by atoms with E-state index >= 15 is 0 Å². The topological polar surface area (TPSA) is 40.6 Å². The molecule has 20 heavy (non-hydrogen) atoms. The maximum absolute atomic E-state index is 11.9. The monoisotopic (exact) mass is 294 g/mol. The van der Waals surface area contributed by atoms with Gasteiger partial charge in [0.15, 0.2) is 0 Å². The van der Waals surface area contributed by atoms with Gasteiger partial charge in [0.1, 0.15) is 0 Å². The molecule has 0 N–H and O–H groups in total. The summed E-state index contributed by atoms with van der Waals surface area (Å²) in [4.78, 5) is 2.45. The van der Waals surface area contributed by atoms with Crippen molar-refractivity contribution in [1.82, 2.24) is 9.21 Å². The quantitative estimate of drug-likeness (QED) is 0.851. The molecule has 0 aromatic heterocycles. The first-order valence-corrected chi connectivity index (χ1v) is 9.02. The summed E-state index contributed by atoms with van der Waals surface area (Å²) in [6, 6.07) is 9.13. The highest BCUT2D eigenvalue weighted by Crippen LogP contribution is 2.36. The molecule has 1 aliphatic carbocycles. The van der Waals surface area contributed by atoms with Gasteiger partial charge < -0.3 is 0 Å². The van der Waals surface area contributed by atoms with Crippen molar-refractivity contribution in [2.45, 2.75) is 25.8 Å². The van der Waals surface area contributed by atoms with Crippen LogP contribution in [0, 0.1) is 0 Å². The van der Waals surface area contributed by atoms with Gasteiger partial charge in [0.05, 0.1) is 5.75 Å². The lowest BCUT2D eigenvalue weighted by atomic mass is 10.1. The molecule has 0 amide bonds. The number of nitrogens with zero attached hydrogens (tertiary/aromatic N) is 2. The molecular formula is C15H22N2O2S. The minimum absolute atomic E-state index is 0.208. The zero-order valence-electron chi connectivity index (χ0n) is 12.0. The summed E-state index contributed by atoms with van der Waals surface area (Å²) in [5, 5.41) is 0. The van der Waals surface area contributed by atoms with E-state index in [9.17, 15) is 8.42 Å². The summed E-state index contributed by atoms with van der Waals surface area (Å²) in [6.07, 6.45) is 2.31. The van der Waals surface area contributed by atoms with E-state index in [4.69, 9.17) is 0 Å². The molecule has 0 radical (unpaired) electrons. The van der Waals surface area contributed by atoms with Crippen LogP contribution in [0.25, 0.3) is 0 Å². The molecule has 1 fully saturated rings. The van der Waals surface area contributed by atoms with E-state index in [-0.39, 0.29) is 5.75 Å². The smallest absolute Gasteiger partial charge is 0.213 e. The SMILES string of the molecule is CCS(=O)(=O)N1CCN(C2CCc3ccccc32)CC1. The second-order valence-corrected chi connectivity index (χ2v) is 7.85. The maximum atomic E-state index is 11.9. The van der Waals surface area contributed by atoms with Gasteiger partial charge in [0.2, 0.25) is 10.0 Å². The fourth-order valence-electron chi connectivity index (χ4n) is 3.39. The van der Waals surface area contributed by atoms with Gasteiger partial charge in [-0.2, -0.15) is 4.31 Å². The first-order chi connectivity index (χ1) is 9.62. The Labute approximate surface area is 121 Å². The van der Waals surface area contributed by atoms with Crippen molar-refractivity contribution < 1.29 is 8.42 Å². The van der Waals surface area contributed by atoms with Crippen molar-refractivity contribution in [3.05, 3.63) is 35.4 Å². The zero-order valence-corrected chi connectivity index (χ0v) is 12.8. The van der Waals surface area contributed by atoms with Crippen LogP contribution in [0.15, 0.2) is 24.3 Å². The largest absolute Gasteiger partial charge is 0.294 e. The van der Waals surface area contributed by atoms with Crippen LogP contribution in [0.2, 0.25) is 0 Å². The number of piperazine rings is 1. The van der Waals surface area contributed by atoms with Gasteiger partial charge in [-0.1, -0.05) is 24.3 Å². The Morgan fingerprint density at radius 2 is 1.85 bits per heavy atom. The van der Waals surface area contributed by atoms with Crippen LogP contribution < -0.4 is 0 Å². The van der Waals surface area contributed by atoms with Crippen LogP contribution in [-0.2, 0) is 16.4 Å². The minimum atomic E-state index is -3.02. The molecule has 0 spiro atoms. The normalized spacial score (nSPS) is 24.8. The lowest BCUT2D eigenvalue weighted by Crippen LogP contribution is -2.49. The number of sulfonamides is 1. The fourth-order valence-corrected chi connectivity index (χ4v) is 4.47. The van der Waals surface area contributed by atoms with Crippen molar-refractivity contribution in [2.24, 2.45) is 0 Å². The number of fused-ring (bicyclic) bond motifs is 1. The Morgan fingerprint density at radius 3 is 2.55 bits per heavy atom. The Kier molecular flexibility index (Phi) is 3.84. The first kappa shape index (κ1) is 14.0. The van der Waals surface area contributed by atoms with Crippen molar-refractivity contribution in [1.29, 1.82) is 0 Å². The molecule has 0 bridgehead atoms. The van der Waals surface area contributed by atoms with Gasteiger partial charge in [0, 0.05) is 32.2 Å². The average Bonchev–Trinajstić information content (AvgIpc) is 2.91. The minimum Gasteiger partial charge on any atom is -0.294 e. The van der Waals surface area contributed by atoms with Crippen molar-refractivity contribution in [2.75, 3.05) is 31.9 Å². The highest BCUT2D eigenvalue weighted by molar-refractivity contribution is 7.89. The molecule has 5 heteroatoms. The summed E-state index contributed by atoms with van der Waals surface area (Å²) in [5.41, 5.74) is 2.90. The maximum Gasteiger partial charge on any atom is 0.213 e. The van der Waals surface area contributed by atoms with E-state index < -0.39 is 10.0 Å². The van der Waals surface area contributed by atoms with Crippen molar-refractivity contribution in [3.63, 3.8) is 0 Å². The number of rotatable bonds is 3. The molecule has 1 saturated heterocycles. The number of aryl methyl sites for hydroxylation is 1.